The molecule has 3 aliphatic carbocycles. The molecule has 2 fully saturated rings. The van der Waals surface area contributed by atoms with Crippen molar-refractivity contribution < 1.29 is 44.1 Å². The van der Waals surface area contributed by atoms with Crippen LogP contribution < -0.4 is 5.73 Å². The van der Waals surface area contributed by atoms with Gasteiger partial charge in [0, 0.05) is 24.1 Å². The van der Waals surface area contributed by atoms with Gasteiger partial charge in [-0.1, -0.05) is 0 Å². The fourth-order valence-corrected chi connectivity index (χ4v) is 5.97. The zero-order valence-electron chi connectivity index (χ0n) is 18.1. The molecule has 0 saturated heterocycles. The number of fused-ring (bicyclic) bond motifs is 3. The van der Waals surface area contributed by atoms with Gasteiger partial charge in [-0.05, 0) is 42.5 Å². The second-order valence-electron chi connectivity index (χ2n) is 9.30. The number of aromatic hydroxyl groups is 1. The van der Waals surface area contributed by atoms with Gasteiger partial charge in [0.15, 0.2) is 34.7 Å². The Bertz CT molecular complexity index is 1370. The SMILES string of the molecule is NC(=O)C1C(=O)C[C@@H]2C[C@@H]3Cc4c(-c5[nH]ccc5C(=O)O)ccc(O)c4C(=O)C3C(=O)[C@]2(O)C1=O. The number of aromatic nitrogens is 1. The van der Waals surface area contributed by atoms with Crippen molar-refractivity contribution in [2.45, 2.75) is 24.9 Å². The Hall–Kier alpha value is -4.12. The number of aromatic carboxylic acids is 1. The number of carbonyl (C=O) groups is 6. The van der Waals surface area contributed by atoms with Crippen LogP contribution in [0.25, 0.3) is 11.3 Å². The summed E-state index contributed by atoms with van der Waals surface area (Å²) in [6, 6.07) is 4.02. The second-order valence-corrected chi connectivity index (χ2v) is 9.30. The average molecular weight is 480 g/mol. The molecule has 11 nitrogen and oxygen atoms in total. The van der Waals surface area contributed by atoms with Crippen molar-refractivity contribution >= 4 is 35.0 Å². The molecular weight excluding hydrogens is 460 g/mol. The molecule has 2 saturated carbocycles. The highest BCUT2D eigenvalue weighted by molar-refractivity contribution is 6.31. The van der Waals surface area contributed by atoms with Gasteiger partial charge in [-0.25, -0.2) is 4.79 Å². The highest BCUT2D eigenvalue weighted by Gasteiger charge is 2.66. The summed E-state index contributed by atoms with van der Waals surface area (Å²) in [6.45, 7) is 0. The fraction of sp³-hybridized carbons (Fsp3) is 0.333. The molecule has 2 unspecified atom stereocenters. The number of H-pyrrole nitrogens is 1. The third-order valence-electron chi connectivity index (χ3n) is 7.53. The first-order valence-electron chi connectivity index (χ1n) is 10.9. The number of aromatic amines is 1. The lowest BCUT2D eigenvalue weighted by Gasteiger charge is -2.48. The van der Waals surface area contributed by atoms with Crippen LogP contribution >= 0.6 is 0 Å². The Morgan fingerprint density at radius 1 is 1.06 bits per heavy atom. The lowest BCUT2D eigenvalue weighted by molar-refractivity contribution is -0.175. The number of benzene rings is 1. The van der Waals surface area contributed by atoms with E-state index in [0.717, 1.165) is 0 Å². The van der Waals surface area contributed by atoms with E-state index in [4.69, 9.17) is 5.73 Å². The summed E-state index contributed by atoms with van der Waals surface area (Å²) >= 11 is 0. The summed E-state index contributed by atoms with van der Waals surface area (Å²) in [7, 11) is 0. The van der Waals surface area contributed by atoms with Gasteiger partial charge < -0.3 is 26.0 Å². The third-order valence-corrected chi connectivity index (χ3v) is 7.53. The number of ketones is 4. The van der Waals surface area contributed by atoms with Crippen LogP contribution in [0.1, 0.15) is 39.1 Å². The molecule has 11 heteroatoms. The number of aliphatic hydroxyl groups is 1. The Morgan fingerprint density at radius 2 is 1.77 bits per heavy atom. The molecule has 5 atom stereocenters. The number of phenolic OH excluding ortho intramolecular Hbond substituents is 1. The molecule has 2 aromatic rings. The number of carbonyl (C=O) groups excluding carboxylic acids is 5. The van der Waals surface area contributed by atoms with Crippen LogP contribution in [0.4, 0.5) is 0 Å². The predicted octanol–water partition coefficient (Wildman–Crippen LogP) is 0.0202. The van der Waals surface area contributed by atoms with Crippen LogP contribution in [-0.4, -0.2) is 60.9 Å². The number of hydrogen-bond donors (Lipinski definition) is 5. The molecule has 0 spiro atoms. The molecule has 6 N–H and O–H groups in total. The van der Waals surface area contributed by atoms with E-state index in [0.29, 0.717) is 11.1 Å². The first-order valence-corrected chi connectivity index (χ1v) is 10.9. The number of rotatable bonds is 3. The van der Waals surface area contributed by atoms with Gasteiger partial charge in [0.1, 0.15) is 5.75 Å². The van der Waals surface area contributed by atoms with Gasteiger partial charge >= 0.3 is 5.97 Å². The summed E-state index contributed by atoms with van der Waals surface area (Å²) in [5.41, 5.74) is 3.08. The summed E-state index contributed by atoms with van der Waals surface area (Å²) in [5, 5.41) is 31.2. The molecule has 0 aliphatic heterocycles. The number of phenols is 1. The topological polar surface area (TPSA) is 205 Å². The third kappa shape index (κ3) is 2.94. The van der Waals surface area contributed by atoms with E-state index in [9.17, 15) is 44.1 Å². The van der Waals surface area contributed by atoms with Crippen LogP contribution in [0.5, 0.6) is 5.75 Å². The Labute approximate surface area is 196 Å². The minimum absolute atomic E-state index is 0.0489. The van der Waals surface area contributed by atoms with Crippen molar-refractivity contribution in [1.29, 1.82) is 0 Å². The minimum Gasteiger partial charge on any atom is -0.507 e. The van der Waals surface area contributed by atoms with E-state index in [-0.39, 0.29) is 29.7 Å². The molecule has 5 rings (SSSR count). The molecule has 1 amide bonds. The summed E-state index contributed by atoms with van der Waals surface area (Å²) in [6.07, 6.45) is 0.989. The zero-order valence-corrected chi connectivity index (χ0v) is 18.1. The summed E-state index contributed by atoms with van der Waals surface area (Å²) < 4.78 is 0. The number of nitrogens with one attached hydrogen (secondary N) is 1. The molecule has 0 radical (unpaired) electrons. The number of carboxylic acids is 1. The van der Waals surface area contributed by atoms with Crippen molar-refractivity contribution in [2.75, 3.05) is 0 Å². The van der Waals surface area contributed by atoms with Crippen LogP contribution in [0.2, 0.25) is 0 Å². The molecule has 1 aromatic carbocycles. The lowest BCUT2D eigenvalue weighted by atomic mass is 9.53. The number of hydrogen-bond acceptors (Lipinski definition) is 8. The predicted molar refractivity (Wildman–Crippen MR) is 115 cm³/mol. The van der Waals surface area contributed by atoms with E-state index in [2.05, 4.69) is 4.98 Å². The molecule has 3 aliphatic rings. The molecule has 180 valence electrons. The summed E-state index contributed by atoms with van der Waals surface area (Å²) in [4.78, 5) is 78.5. The van der Waals surface area contributed by atoms with E-state index < -0.39 is 76.5 Å². The number of carboxylic acid groups (broad SMARTS) is 1. The molecular formula is C24H20N2O9. The van der Waals surface area contributed by atoms with Crippen LogP contribution in [-0.2, 0) is 25.6 Å². The maximum absolute atomic E-state index is 13.5. The smallest absolute Gasteiger partial charge is 0.337 e. The fourth-order valence-electron chi connectivity index (χ4n) is 5.97. The van der Waals surface area contributed by atoms with Gasteiger partial charge in [-0.15, -0.1) is 0 Å². The van der Waals surface area contributed by atoms with Gasteiger partial charge in [0.2, 0.25) is 5.91 Å². The van der Waals surface area contributed by atoms with Crippen molar-refractivity contribution in [3.63, 3.8) is 0 Å². The standard InChI is InChI=1S/C24H20N2O9/c25-22(32)17-14(28)7-9-5-8-6-12-10(18-11(23(33)34)3-4-26-18)1-2-13(27)16(12)19(29)15(8)20(30)24(9,35)21(17)31/h1-4,8-9,15,17,26-27,35H,5-7H2,(H2,25,32)(H,33,34)/t8-,9+,15?,17?,24+/m1/s1. The number of Topliss-reactive ketones (excluding diaryl/α,β-unsaturated/α-hetero) is 4. The first-order chi connectivity index (χ1) is 16.5. The van der Waals surface area contributed by atoms with Crippen molar-refractivity contribution in [2.24, 2.45) is 29.4 Å². The monoisotopic (exact) mass is 480 g/mol. The quantitative estimate of drug-likeness (QED) is 0.375. The maximum Gasteiger partial charge on any atom is 0.337 e. The Balaban J connectivity index is 1.63. The van der Waals surface area contributed by atoms with Gasteiger partial charge in [-0.2, -0.15) is 0 Å². The Kier molecular flexibility index (Phi) is 4.82. The second kappa shape index (κ2) is 7.44. The zero-order chi connectivity index (χ0) is 25.4. The molecule has 1 heterocycles. The van der Waals surface area contributed by atoms with Crippen LogP contribution in [0, 0.1) is 23.7 Å². The van der Waals surface area contributed by atoms with E-state index in [1.165, 1.54) is 24.4 Å². The van der Waals surface area contributed by atoms with Crippen LogP contribution in [0.3, 0.4) is 0 Å². The van der Waals surface area contributed by atoms with E-state index in [1.807, 2.05) is 0 Å². The summed E-state index contributed by atoms with van der Waals surface area (Å²) in [5.74, 6) is -12.3. The van der Waals surface area contributed by atoms with E-state index in [1.54, 1.807) is 0 Å². The lowest BCUT2D eigenvalue weighted by Crippen LogP contribution is -2.68. The molecule has 1 aromatic heterocycles. The van der Waals surface area contributed by atoms with Crippen molar-refractivity contribution in [1.82, 2.24) is 4.98 Å². The van der Waals surface area contributed by atoms with Crippen LogP contribution in [0.15, 0.2) is 24.4 Å². The van der Waals surface area contributed by atoms with Crippen molar-refractivity contribution in [3.05, 3.63) is 41.1 Å². The largest absolute Gasteiger partial charge is 0.507 e. The first kappa shape index (κ1) is 22.7. The number of primary amides is 1. The maximum atomic E-state index is 13.5. The van der Waals surface area contributed by atoms with Crippen molar-refractivity contribution in [3.8, 4) is 17.0 Å². The van der Waals surface area contributed by atoms with Gasteiger partial charge in [-0.3, -0.25) is 24.0 Å². The molecule has 0 bridgehead atoms. The Morgan fingerprint density at radius 3 is 2.43 bits per heavy atom. The minimum atomic E-state index is -2.72. The highest BCUT2D eigenvalue weighted by Crippen LogP contribution is 2.51. The average Bonchev–Trinajstić information content (AvgIpc) is 3.26. The normalized spacial score (nSPS) is 29.9. The number of nitrogens with two attached hydrogens (primary N) is 1. The van der Waals surface area contributed by atoms with Gasteiger partial charge in [0.25, 0.3) is 0 Å². The highest BCUT2D eigenvalue weighted by atomic mass is 16.4. The number of amides is 1. The molecule has 35 heavy (non-hydrogen) atoms. The van der Waals surface area contributed by atoms with Gasteiger partial charge in [0.05, 0.1) is 22.7 Å². The van der Waals surface area contributed by atoms with E-state index >= 15 is 0 Å².